The molecule has 1 aliphatic heterocycles. The summed E-state index contributed by atoms with van der Waals surface area (Å²) in [6.45, 7) is 1.94. The minimum atomic E-state index is -3.22. The molecule has 2 fully saturated rings. The van der Waals surface area contributed by atoms with Crippen LogP contribution in [0.15, 0.2) is 12.4 Å². The fraction of sp³-hybridized carbons (Fsp3) is 0.750. The second kappa shape index (κ2) is 7.43. The predicted octanol–water partition coefficient (Wildman–Crippen LogP) is -0.443. The minimum absolute atomic E-state index is 0.0314. The number of nitrogens with zero attached hydrogens (tertiary/aromatic N) is 2. The molecule has 2 unspecified atom stereocenters. The summed E-state index contributed by atoms with van der Waals surface area (Å²) in [6, 6.07) is -0.0777. The lowest BCUT2D eigenvalue weighted by Crippen LogP contribution is -2.43. The molecule has 1 aromatic heterocycles. The van der Waals surface area contributed by atoms with Crippen LogP contribution in [0.4, 0.5) is 0 Å². The monoisotopic (exact) mass is 369 g/mol. The normalized spacial score (nSPS) is 29.8. The molecule has 0 spiro atoms. The maximum Gasteiger partial charge on any atom is 0.225 e. The first-order valence-electron chi connectivity index (χ1n) is 8.78. The zero-order valence-electron chi connectivity index (χ0n) is 14.7. The van der Waals surface area contributed by atoms with Gasteiger partial charge in [0.25, 0.3) is 0 Å². The molecule has 25 heavy (non-hydrogen) atoms. The van der Waals surface area contributed by atoms with Crippen LogP contribution in [0.5, 0.6) is 0 Å². The Morgan fingerprint density at radius 2 is 2.20 bits per heavy atom. The molecular weight excluding hydrogens is 342 g/mol. The molecule has 9 heteroatoms. The van der Waals surface area contributed by atoms with Gasteiger partial charge in [0, 0.05) is 44.8 Å². The van der Waals surface area contributed by atoms with Gasteiger partial charge in [0.1, 0.15) is 0 Å². The Bertz CT molecular complexity index is 717. The van der Waals surface area contributed by atoms with E-state index in [0.717, 1.165) is 31.4 Å². The summed E-state index contributed by atoms with van der Waals surface area (Å²) in [5, 5.41) is 10.5. The third-order valence-electron chi connectivity index (χ3n) is 5.27. The van der Waals surface area contributed by atoms with E-state index in [1.54, 1.807) is 4.68 Å². The van der Waals surface area contributed by atoms with Crippen molar-refractivity contribution in [1.82, 2.24) is 25.1 Å². The van der Waals surface area contributed by atoms with Crippen molar-refractivity contribution in [3.05, 3.63) is 18.0 Å². The van der Waals surface area contributed by atoms with E-state index in [2.05, 4.69) is 20.5 Å². The first-order chi connectivity index (χ1) is 11.8. The van der Waals surface area contributed by atoms with Gasteiger partial charge in [0.15, 0.2) is 0 Å². The SMILES string of the molecule is Cn1cc([C@H]2CNC[C@@H]2C(=O)NCC2CCCC2NS(C)(=O)=O)cn1. The average molecular weight is 369 g/mol. The van der Waals surface area contributed by atoms with Crippen LogP contribution in [0.3, 0.4) is 0 Å². The van der Waals surface area contributed by atoms with Crippen molar-refractivity contribution < 1.29 is 13.2 Å². The maximum absolute atomic E-state index is 12.7. The van der Waals surface area contributed by atoms with E-state index in [0.29, 0.717) is 13.1 Å². The molecular formula is C16H27N5O3S. The van der Waals surface area contributed by atoms with Gasteiger partial charge in [-0.3, -0.25) is 9.48 Å². The zero-order chi connectivity index (χ0) is 18.0. The molecule has 2 heterocycles. The summed E-state index contributed by atoms with van der Waals surface area (Å²) >= 11 is 0. The second-order valence-corrected chi connectivity index (χ2v) is 9.03. The third-order valence-corrected chi connectivity index (χ3v) is 6.00. The van der Waals surface area contributed by atoms with Crippen molar-refractivity contribution >= 4 is 15.9 Å². The van der Waals surface area contributed by atoms with Crippen LogP contribution in [0.2, 0.25) is 0 Å². The number of aryl methyl sites for hydroxylation is 1. The Balaban J connectivity index is 1.56. The Morgan fingerprint density at radius 3 is 2.88 bits per heavy atom. The van der Waals surface area contributed by atoms with Gasteiger partial charge >= 0.3 is 0 Å². The molecule has 1 saturated carbocycles. The van der Waals surface area contributed by atoms with Gasteiger partial charge in [-0.2, -0.15) is 5.10 Å². The molecule has 4 atom stereocenters. The molecule has 1 amide bonds. The highest BCUT2D eigenvalue weighted by atomic mass is 32.2. The number of amides is 1. The number of aromatic nitrogens is 2. The molecule has 1 aliphatic carbocycles. The Hall–Kier alpha value is -1.45. The summed E-state index contributed by atoms with van der Waals surface area (Å²) in [5.41, 5.74) is 1.07. The van der Waals surface area contributed by atoms with Crippen molar-refractivity contribution in [2.75, 3.05) is 25.9 Å². The Kier molecular flexibility index (Phi) is 5.45. The van der Waals surface area contributed by atoms with Gasteiger partial charge in [0.2, 0.25) is 15.9 Å². The number of hydrogen-bond donors (Lipinski definition) is 3. The topological polar surface area (TPSA) is 105 Å². The summed E-state index contributed by atoms with van der Waals surface area (Å²) in [7, 11) is -1.35. The van der Waals surface area contributed by atoms with Gasteiger partial charge in [-0.05, 0) is 24.3 Å². The highest BCUT2D eigenvalue weighted by molar-refractivity contribution is 7.88. The van der Waals surface area contributed by atoms with E-state index in [-0.39, 0.29) is 29.7 Å². The molecule has 1 saturated heterocycles. The molecule has 1 aromatic rings. The van der Waals surface area contributed by atoms with Crippen LogP contribution >= 0.6 is 0 Å². The largest absolute Gasteiger partial charge is 0.355 e. The number of carbonyl (C=O) groups excluding carboxylic acids is 1. The lowest BCUT2D eigenvalue weighted by molar-refractivity contribution is -0.125. The predicted molar refractivity (Wildman–Crippen MR) is 94.4 cm³/mol. The Labute approximate surface area is 148 Å². The van der Waals surface area contributed by atoms with Crippen molar-refractivity contribution in [3.63, 3.8) is 0 Å². The molecule has 140 valence electrons. The fourth-order valence-corrected chi connectivity index (χ4v) is 4.87. The third kappa shape index (κ3) is 4.59. The van der Waals surface area contributed by atoms with Gasteiger partial charge in [-0.1, -0.05) is 6.42 Å². The standard InChI is InChI=1S/C16H27N5O3S/c1-21-10-12(7-19-21)13-8-17-9-14(13)16(22)18-6-11-4-3-5-15(11)20-25(2,23)24/h7,10-11,13-15,17,20H,3-6,8-9H2,1-2H3,(H,18,22)/t11?,13-,14+,15?/m1/s1. The number of nitrogens with one attached hydrogen (secondary N) is 3. The lowest BCUT2D eigenvalue weighted by Gasteiger charge is -2.22. The summed E-state index contributed by atoms with van der Waals surface area (Å²) in [4.78, 5) is 12.7. The molecule has 3 N–H and O–H groups in total. The van der Waals surface area contributed by atoms with Crippen LogP contribution in [-0.2, 0) is 21.9 Å². The van der Waals surface area contributed by atoms with Gasteiger partial charge in [0.05, 0.1) is 18.4 Å². The van der Waals surface area contributed by atoms with Gasteiger partial charge in [-0.25, -0.2) is 13.1 Å². The summed E-state index contributed by atoms with van der Waals surface area (Å²) in [6.07, 6.45) is 7.71. The van der Waals surface area contributed by atoms with Crippen molar-refractivity contribution in [3.8, 4) is 0 Å². The van der Waals surface area contributed by atoms with Crippen LogP contribution in [0, 0.1) is 11.8 Å². The van der Waals surface area contributed by atoms with Crippen LogP contribution in [0.25, 0.3) is 0 Å². The minimum Gasteiger partial charge on any atom is -0.355 e. The van der Waals surface area contributed by atoms with E-state index < -0.39 is 10.0 Å². The molecule has 8 nitrogen and oxygen atoms in total. The summed E-state index contributed by atoms with van der Waals surface area (Å²) < 4.78 is 27.4. The quantitative estimate of drug-likeness (QED) is 0.630. The molecule has 0 bridgehead atoms. The highest BCUT2D eigenvalue weighted by Crippen LogP contribution is 2.29. The van der Waals surface area contributed by atoms with Crippen molar-refractivity contribution in [2.45, 2.75) is 31.2 Å². The first kappa shape index (κ1) is 18.3. The van der Waals surface area contributed by atoms with E-state index in [1.807, 2.05) is 19.4 Å². The first-order valence-corrected chi connectivity index (χ1v) is 10.7. The van der Waals surface area contributed by atoms with E-state index in [4.69, 9.17) is 0 Å². The van der Waals surface area contributed by atoms with E-state index in [9.17, 15) is 13.2 Å². The maximum atomic E-state index is 12.7. The van der Waals surface area contributed by atoms with Crippen molar-refractivity contribution in [1.29, 1.82) is 0 Å². The second-order valence-electron chi connectivity index (χ2n) is 7.25. The number of sulfonamides is 1. The van der Waals surface area contributed by atoms with E-state index in [1.165, 1.54) is 6.26 Å². The lowest BCUT2D eigenvalue weighted by atomic mass is 9.90. The summed E-state index contributed by atoms with van der Waals surface area (Å²) in [5.74, 6) is 0.197. The van der Waals surface area contributed by atoms with Crippen LogP contribution in [0.1, 0.15) is 30.7 Å². The van der Waals surface area contributed by atoms with Crippen LogP contribution in [-0.4, -0.2) is 56.0 Å². The van der Waals surface area contributed by atoms with Gasteiger partial charge < -0.3 is 10.6 Å². The zero-order valence-corrected chi connectivity index (χ0v) is 15.6. The molecule has 0 radical (unpaired) electrons. The van der Waals surface area contributed by atoms with Crippen molar-refractivity contribution in [2.24, 2.45) is 18.9 Å². The molecule has 0 aromatic carbocycles. The number of hydrogen-bond acceptors (Lipinski definition) is 5. The number of carbonyl (C=O) groups is 1. The smallest absolute Gasteiger partial charge is 0.225 e. The fourth-order valence-electron chi connectivity index (χ4n) is 4.01. The number of rotatable bonds is 6. The van der Waals surface area contributed by atoms with Crippen LogP contribution < -0.4 is 15.4 Å². The Morgan fingerprint density at radius 1 is 1.40 bits per heavy atom. The van der Waals surface area contributed by atoms with Gasteiger partial charge in [-0.15, -0.1) is 0 Å². The van der Waals surface area contributed by atoms with E-state index >= 15 is 0 Å². The highest BCUT2D eigenvalue weighted by Gasteiger charge is 2.36. The molecule has 2 aliphatic rings. The average Bonchev–Trinajstić information content (AvgIpc) is 3.23. The molecule has 3 rings (SSSR count).